The minimum Gasteiger partial charge on any atom is -0.812 e. The molecule has 2 unspecified atom stereocenters. The van der Waals surface area contributed by atoms with Crippen molar-refractivity contribution in [3.63, 3.8) is 0 Å². The van der Waals surface area contributed by atoms with Crippen molar-refractivity contribution in [2.24, 2.45) is 0 Å². The third-order valence-corrected chi connectivity index (χ3v) is 5.26. The zero-order valence-electron chi connectivity index (χ0n) is 17.4. The van der Waals surface area contributed by atoms with Crippen LogP contribution in [0.2, 0.25) is 0 Å². The number of hydrogen-bond acceptors (Lipinski definition) is 6. The van der Waals surface area contributed by atoms with E-state index in [9.17, 15) is 9.79 Å². The van der Waals surface area contributed by atoms with Crippen molar-refractivity contribution in [1.82, 2.24) is 0 Å². The Balaban J connectivity index is 0.00000364. The van der Waals surface area contributed by atoms with Crippen LogP contribution in [0, 0.1) is 0 Å². The van der Waals surface area contributed by atoms with Crippen LogP contribution in [0.15, 0.2) is 24.3 Å². The second kappa shape index (κ2) is 17.4. The van der Waals surface area contributed by atoms with Gasteiger partial charge in [0, 0.05) is 6.42 Å². The van der Waals surface area contributed by atoms with Crippen LogP contribution in [-0.4, -0.2) is 25.6 Å². The van der Waals surface area contributed by atoms with Crippen molar-refractivity contribution in [2.45, 2.75) is 70.7 Å². The summed E-state index contributed by atoms with van der Waals surface area (Å²) < 4.78 is 15.8. The summed E-state index contributed by atoms with van der Waals surface area (Å²) in [6, 6.07) is 8.56. The SMILES string of the molecule is CCCCCCCCc1ccc(CC2OCC(COP([O-])([O-])=S)O2)cc1.[K+].[K+]. The van der Waals surface area contributed by atoms with E-state index in [0.717, 1.165) is 12.0 Å². The summed E-state index contributed by atoms with van der Waals surface area (Å²) in [5.74, 6) is 0. The number of unbranched alkanes of at least 4 members (excludes halogenated alkanes) is 5. The van der Waals surface area contributed by atoms with Crippen molar-refractivity contribution in [1.29, 1.82) is 0 Å². The molecule has 1 aromatic rings. The van der Waals surface area contributed by atoms with Gasteiger partial charge in [-0.25, -0.2) is 0 Å². The molecule has 2 rings (SSSR count). The van der Waals surface area contributed by atoms with Gasteiger partial charge < -0.3 is 23.8 Å². The molecule has 0 amide bonds. The van der Waals surface area contributed by atoms with Crippen molar-refractivity contribution in [2.75, 3.05) is 13.2 Å². The Morgan fingerprint density at radius 3 is 2.29 bits per heavy atom. The molecule has 0 saturated carbocycles. The van der Waals surface area contributed by atoms with E-state index in [-0.39, 0.29) is 116 Å². The molecule has 1 aliphatic heterocycles. The van der Waals surface area contributed by atoms with Gasteiger partial charge in [-0.15, -0.1) is 11.8 Å². The van der Waals surface area contributed by atoms with Gasteiger partial charge in [-0.1, -0.05) is 70.0 Å². The van der Waals surface area contributed by atoms with Crippen LogP contribution >= 0.6 is 6.72 Å². The van der Waals surface area contributed by atoms with Crippen LogP contribution in [0.1, 0.15) is 56.6 Å². The third-order valence-electron chi connectivity index (χ3n) is 4.48. The van der Waals surface area contributed by atoms with Crippen molar-refractivity contribution in [3.8, 4) is 0 Å². The summed E-state index contributed by atoms with van der Waals surface area (Å²) in [6.07, 6.45) is 8.85. The molecule has 0 spiro atoms. The smallest absolute Gasteiger partial charge is 0.812 e. The number of benzene rings is 1. The third kappa shape index (κ3) is 14.2. The molecule has 148 valence electrons. The summed E-state index contributed by atoms with van der Waals surface area (Å²) in [5.41, 5.74) is 2.50. The van der Waals surface area contributed by atoms with Crippen molar-refractivity contribution < 1.29 is 127 Å². The molecule has 9 heteroatoms. The van der Waals surface area contributed by atoms with Gasteiger partial charge in [0.15, 0.2) is 6.29 Å². The zero-order valence-corrected chi connectivity index (χ0v) is 25.4. The maximum absolute atomic E-state index is 10.9. The number of rotatable bonds is 12. The monoisotopic (exact) mass is 478 g/mol. The maximum atomic E-state index is 10.9. The van der Waals surface area contributed by atoms with Crippen LogP contribution in [0.25, 0.3) is 0 Å². The molecule has 1 fully saturated rings. The van der Waals surface area contributed by atoms with Gasteiger partial charge in [0.1, 0.15) is 6.10 Å². The predicted molar refractivity (Wildman–Crippen MR) is 102 cm³/mol. The molecule has 2 atom stereocenters. The molecule has 5 nitrogen and oxygen atoms in total. The molecule has 0 N–H and O–H groups in total. The van der Waals surface area contributed by atoms with E-state index in [0.29, 0.717) is 13.0 Å². The molecular weight excluding hydrogens is 449 g/mol. The minimum atomic E-state index is -4.13. The number of hydrogen-bond donors (Lipinski definition) is 0. The summed E-state index contributed by atoms with van der Waals surface area (Å²) >= 11 is 4.20. The van der Waals surface area contributed by atoms with E-state index < -0.39 is 12.8 Å². The first-order chi connectivity index (χ1) is 12.5. The molecule has 1 aliphatic rings. The van der Waals surface area contributed by atoms with Crippen molar-refractivity contribution >= 4 is 18.5 Å². The van der Waals surface area contributed by atoms with E-state index in [1.165, 1.54) is 44.1 Å². The second-order valence-corrected chi connectivity index (χ2v) is 9.30. The second-order valence-electron chi connectivity index (χ2n) is 6.80. The average Bonchev–Trinajstić information content (AvgIpc) is 3.04. The first-order valence-electron chi connectivity index (χ1n) is 9.48. The molecule has 0 radical (unpaired) electrons. The largest absolute Gasteiger partial charge is 1.00 e. The van der Waals surface area contributed by atoms with Gasteiger partial charge in [0.05, 0.1) is 13.2 Å². The Kier molecular flexibility index (Phi) is 19.3. The van der Waals surface area contributed by atoms with Crippen LogP contribution in [-0.2, 0) is 38.6 Å². The van der Waals surface area contributed by atoms with Gasteiger partial charge in [-0.2, -0.15) is 0 Å². The number of aryl methyl sites for hydroxylation is 1. The van der Waals surface area contributed by atoms with Crippen molar-refractivity contribution in [3.05, 3.63) is 35.4 Å². The van der Waals surface area contributed by atoms with Crippen LogP contribution in [0.5, 0.6) is 0 Å². The molecule has 0 aromatic heterocycles. The Bertz CT molecular complexity index is 570. The van der Waals surface area contributed by atoms with E-state index in [1.807, 2.05) is 0 Å². The Morgan fingerprint density at radius 1 is 1.04 bits per heavy atom. The van der Waals surface area contributed by atoms with E-state index in [2.05, 4.69) is 47.5 Å². The molecule has 1 aromatic carbocycles. The number of ether oxygens (including phenoxy) is 2. The maximum Gasteiger partial charge on any atom is 1.00 e. The summed E-state index contributed by atoms with van der Waals surface area (Å²) in [4.78, 5) is 21.7. The van der Waals surface area contributed by atoms with E-state index in [1.54, 1.807) is 0 Å². The first-order valence-corrected chi connectivity index (χ1v) is 12.0. The first kappa shape index (κ1) is 30.9. The van der Waals surface area contributed by atoms with Crippen LogP contribution < -0.4 is 113 Å². The quantitative estimate of drug-likeness (QED) is 0.179. The molecule has 1 heterocycles. The molecule has 0 bridgehead atoms. The van der Waals surface area contributed by atoms with Gasteiger partial charge in [-0.3, -0.25) is 0 Å². The van der Waals surface area contributed by atoms with Gasteiger partial charge in [0.2, 0.25) is 0 Å². The summed E-state index contributed by atoms with van der Waals surface area (Å²) in [6.45, 7) is -1.66. The molecular formula is C19H29K2O5PS. The Hall–Kier alpha value is 2.94. The molecule has 1 saturated heterocycles. The van der Waals surface area contributed by atoms with Crippen LogP contribution in [0.4, 0.5) is 0 Å². The van der Waals surface area contributed by atoms with Gasteiger partial charge >= 0.3 is 103 Å². The summed E-state index contributed by atoms with van der Waals surface area (Å²) in [5, 5.41) is 0. The minimum absolute atomic E-state index is 0. The summed E-state index contributed by atoms with van der Waals surface area (Å²) in [7, 11) is 0. The van der Waals surface area contributed by atoms with Gasteiger partial charge in [-0.05, 0) is 24.0 Å². The van der Waals surface area contributed by atoms with Crippen LogP contribution in [0.3, 0.4) is 0 Å². The zero-order chi connectivity index (χ0) is 18.8. The van der Waals surface area contributed by atoms with E-state index in [4.69, 9.17) is 9.47 Å². The van der Waals surface area contributed by atoms with E-state index >= 15 is 0 Å². The fraction of sp³-hybridized carbons (Fsp3) is 0.684. The molecule has 28 heavy (non-hydrogen) atoms. The van der Waals surface area contributed by atoms with Gasteiger partial charge in [0.25, 0.3) is 0 Å². The predicted octanol–water partition coefficient (Wildman–Crippen LogP) is -3.16. The standard InChI is InChI=1S/C19H31O5PS.2K/c1-2-3-4-5-6-7-8-16-9-11-17(12-10-16)13-19-22-14-18(24-19)15-23-25(20,21)26;;/h9-12,18-19H,2-8,13-15H2,1H3,(H2,20,21,26);;/q;2*+1/p-2. The normalized spacial score (nSPS) is 19.1. The Morgan fingerprint density at radius 2 is 1.64 bits per heavy atom. The topological polar surface area (TPSA) is 73.8 Å². The fourth-order valence-electron chi connectivity index (χ4n) is 3.02. The molecule has 0 aliphatic carbocycles. The fourth-order valence-corrected chi connectivity index (χ4v) is 3.55. The Labute approximate surface area is 259 Å². The average molecular weight is 479 g/mol.